The summed E-state index contributed by atoms with van der Waals surface area (Å²) in [5.41, 5.74) is 3.51. The molecule has 3 aromatic rings. The minimum absolute atomic E-state index is 0.0937. The van der Waals surface area contributed by atoms with Gasteiger partial charge in [-0.05, 0) is 36.8 Å². The van der Waals surface area contributed by atoms with Gasteiger partial charge in [0, 0.05) is 16.6 Å². The number of carbonyl (C=O) groups excluding carboxylic acids is 1. The summed E-state index contributed by atoms with van der Waals surface area (Å²) >= 11 is 1.61. The summed E-state index contributed by atoms with van der Waals surface area (Å²) in [4.78, 5) is 16.9. The van der Waals surface area contributed by atoms with Gasteiger partial charge in [0.05, 0.1) is 31.3 Å². The van der Waals surface area contributed by atoms with Crippen molar-refractivity contribution in [2.45, 2.75) is 13.3 Å². The van der Waals surface area contributed by atoms with Crippen molar-refractivity contribution in [3.63, 3.8) is 0 Å². The normalized spacial score (nSPS) is 10.4. The number of carbonyl (C=O) groups is 1. The maximum Gasteiger partial charge on any atom is 0.228 e. The van der Waals surface area contributed by atoms with Crippen molar-refractivity contribution < 1.29 is 14.3 Å². The number of hydrogen-bond acceptors (Lipinski definition) is 5. The highest BCUT2D eigenvalue weighted by Crippen LogP contribution is 2.28. The van der Waals surface area contributed by atoms with Crippen LogP contribution in [0.5, 0.6) is 11.5 Å². The number of aromatic nitrogens is 1. The first-order valence-electron chi connectivity index (χ1n) is 8.12. The van der Waals surface area contributed by atoms with E-state index in [4.69, 9.17) is 9.47 Å². The van der Waals surface area contributed by atoms with Crippen molar-refractivity contribution in [3.8, 4) is 22.8 Å². The lowest BCUT2D eigenvalue weighted by Gasteiger charge is -2.10. The van der Waals surface area contributed by atoms with Gasteiger partial charge in [-0.3, -0.25) is 4.79 Å². The Bertz CT molecular complexity index is 921. The van der Waals surface area contributed by atoms with Gasteiger partial charge in [-0.1, -0.05) is 18.2 Å². The van der Waals surface area contributed by atoms with E-state index in [1.807, 2.05) is 48.7 Å². The van der Waals surface area contributed by atoms with E-state index in [-0.39, 0.29) is 12.3 Å². The molecule has 0 aliphatic heterocycles. The molecule has 0 bridgehead atoms. The molecule has 2 aromatic carbocycles. The van der Waals surface area contributed by atoms with Crippen LogP contribution in [0.1, 0.15) is 10.6 Å². The molecular formula is C20H20N2O3S. The maximum absolute atomic E-state index is 12.4. The Labute approximate surface area is 156 Å². The Morgan fingerprint density at radius 2 is 1.92 bits per heavy atom. The highest BCUT2D eigenvalue weighted by atomic mass is 32.1. The van der Waals surface area contributed by atoms with Crippen molar-refractivity contribution in [3.05, 3.63) is 58.4 Å². The van der Waals surface area contributed by atoms with Crippen LogP contribution < -0.4 is 14.8 Å². The number of nitrogens with zero attached hydrogens (tertiary/aromatic N) is 1. The molecule has 134 valence electrons. The van der Waals surface area contributed by atoms with Gasteiger partial charge in [0.15, 0.2) is 11.5 Å². The molecule has 1 amide bonds. The molecule has 0 atom stereocenters. The van der Waals surface area contributed by atoms with E-state index in [2.05, 4.69) is 10.3 Å². The molecular weight excluding hydrogens is 348 g/mol. The van der Waals surface area contributed by atoms with Gasteiger partial charge in [0.1, 0.15) is 0 Å². The van der Waals surface area contributed by atoms with Crippen molar-refractivity contribution in [2.24, 2.45) is 0 Å². The fraction of sp³-hybridized carbons (Fsp3) is 0.200. The quantitative estimate of drug-likeness (QED) is 0.704. The summed E-state index contributed by atoms with van der Waals surface area (Å²) in [6, 6.07) is 13.2. The van der Waals surface area contributed by atoms with Gasteiger partial charge in [0.25, 0.3) is 0 Å². The number of hydrogen-bond donors (Lipinski definition) is 1. The number of anilines is 1. The van der Waals surface area contributed by atoms with E-state index in [9.17, 15) is 4.79 Å². The molecule has 0 fully saturated rings. The number of ether oxygens (including phenoxy) is 2. The second-order valence-corrected chi connectivity index (χ2v) is 6.81. The van der Waals surface area contributed by atoms with Crippen molar-refractivity contribution in [2.75, 3.05) is 19.5 Å². The van der Waals surface area contributed by atoms with E-state index in [0.717, 1.165) is 27.5 Å². The van der Waals surface area contributed by atoms with Crippen LogP contribution in [0.15, 0.2) is 47.8 Å². The van der Waals surface area contributed by atoms with Gasteiger partial charge < -0.3 is 14.8 Å². The number of methoxy groups -OCH3 is 2. The topological polar surface area (TPSA) is 60.5 Å². The van der Waals surface area contributed by atoms with Crippen LogP contribution in [0.4, 0.5) is 5.69 Å². The van der Waals surface area contributed by atoms with Crippen LogP contribution in [-0.4, -0.2) is 25.1 Å². The molecule has 1 aromatic heterocycles. The molecule has 1 heterocycles. The van der Waals surface area contributed by atoms with Crippen molar-refractivity contribution in [1.29, 1.82) is 0 Å². The number of benzene rings is 2. The average Bonchev–Trinajstić information content (AvgIpc) is 3.08. The van der Waals surface area contributed by atoms with Gasteiger partial charge in [-0.25, -0.2) is 4.98 Å². The highest BCUT2D eigenvalue weighted by molar-refractivity contribution is 7.09. The summed E-state index contributed by atoms with van der Waals surface area (Å²) in [6.45, 7) is 1.98. The number of thiazole rings is 1. The predicted molar refractivity (Wildman–Crippen MR) is 104 cm³/mol. The summed E-state index contributed by atoms with van der Waals surface area (Å²) in [7, 11) is 3.16. The second-order valence-electron chi connectivity index (χ2n) is 5.75. The predicted octanol–water partition coefficient (Wildman–Crippen LogP) is 4.32. The van der Waals surface area contributed by atoms with Gasteiger partial charge in [-0.15, -0.1) is 11.3 Å². The third-order valence-electron chi connectivity index (χ3n) is 3.87. The van der Waals surface area contributed by atoms with Gasteiger partial charge in [0.2, 0.25) is 5.91 Å². The molecule has 1 N–H and O–H groups in total. The highest BCUT2D eigenvalue weighted by Gasteiger charge is 2.10. The Hall–Kier alpha value is -2.86. The number of rotatable bonds is 6. The Kier molecular flexibility index (Phi) is 5.53. The molecule has 0 aliphatic carbocycles. The first-order valence-corrected chi connectivity index (χ1v) is 9.00. The first-order chi connectivity index (χ1) is 12.6. The average molecular weight is 368 g/mol. The van der Waals surface area contributed by atoms with Crippen molar-refractivity contribution >= 4 is 22.9 Å². The number of aryl methyl sites for hydroxylation is 1. The lowest BCUT2D eigenvalue weighted by Crippen LogP contribution is -2.14. The zero-order valence-corrected chi connectivity index (χ0v) is 15.7. The Morgan fingerprint density at radius 1 is 1.12 bits per heavy atom. The van der Waals surface area contributed by atoms with Crippen LogP contribution in [0.25, 0.3) is 11.3 Å². The second kappa shape index (κ2) is 8.01. The van der Waals surface area contributed by atoms with Crippen molar-refractivity contribution in [1.82, 2.24) is 4.98 Å². The van der Waals surface area contributed by atoms with Crippen LogP contribution in [0, 0.1) is 6.92 Å². The van der Waals surface area contributed by atoms with Gasteiger partial charge >= 0.3 is 0 Å². The summed E-state index contributed by atoms with van der Waals surface area (Å²) in [6.07, 6.45) is 0.250. The SMILES string of the molecule is COc1ccc(CC(=O)Nc2cccc(-c3csc(C)n3)c2)cc1OC. The van der Waals surface area contributed by atoms with E-state index < -0.39 is 0 Å². The van der Waals surface area contributed by atoms with Crippen LogP contribution in [-0.2, 0) is 11.2 Å². The maximum atomic E-state index is 12.4. The third-order valence-corrected chi connectivity index (χ3v) is 4.65. The fourth-order valence-electron chi connectivity index (χ4n) is 2.63. The first kappa shape index (κ1) is 17.9. The van der Waals surface area contributed by atoms with E-state index >= 15 is 0 Å². The molecule has 0 spiro atoms. The standard InChI is InChI=1S/C20H20N2O3S/c1-13-21-17(12-26-13)15-5-4-6-16(11-15)22-20(23)10-14-7-8-18(24-2)19(9-14)25-3/h4-9,11-12H,10H2,1-3H3,(H,22,23). The minimum Gasteiger partial charge on any atom is -0.493 e. The minimum atomic E-state index is -0.0937. The molecule has 5 nitrogen and oxygen atoms in total. The molecule has 0 unspecified atom stereocenters. The summed E-state index contributed by atoms with van der Waals surface area (Å²) < 4.78 is 10.5. The smallest absolute Gasteiger partial charge is 0.228 e. The lowest BCUT2D eigenvalue weighted by atomic mass is 10.1. The molecule has 0 aliphatic rings. The molecule has 0 saturated carbocycles. The monoisotopic (exact) mass is 368 g/mol. The molecule has 6 heteroatoms. The zero-order chi connectivity index (χ0) is 18.5. The van der Waals surface area contributed by atoms with E-state index in [0.29, 0.717) is 11.5 Å². The lowest BCUT2D eigenvalue weighted by molar-refractivity contribution is -0.115. The Balaban J connectivity index is 1.70. The number of amides is 1. The fourth-order valence-corrected chi connectivity index (χ4v) is 3.26. The van der Waals surface area contributed by atoms with Crippen LogP contribution in [0.2, 0.25) is 0 Å². The van der Waals surface area contributed by atoms with E-state index in [1.165, 1.54) is 0 Å². The number of nitrogens with one attached hydrogen (secondary N) is 1. The summed E-state index contributed by atoms with van der Waals surface area (Å²) in [5, 5.41) is 5.97. The third kappa shape index (κ3) is 4.21. The molecule has 0 radical (unpaired) electrons. The summed E-state index contributed by atoms with van der Waals surface area (Å²) in [5.74, 6) is 1.16. The van der Waals surface area contributed by atoms with Crippen LogP contribution in [0.3, 0.4) is 0 Å². The van der Waals surface area contributed by atoms with E-state index in [1.54, 1.807) is 31.6 Å². The molecule has 0 saturated heterocycles. The largest absolute Gasteiger partial charge is 0.493 e. The molecule has 26 heavy (non-hydrogen) atoms. The van der Waals surface area contributed by atoms with Crippen LogP contribution >= 0.6 is 11.3 Å². The zero-order valence-electron chi connectivity index (χ0n) is 14.9. The Morgan fingerprint density at radius 3 is 2.62 bits per heavy atom. The molecule has 3 rings (SSSR count). The van der Waals surface area contributed by atoms with Gasteiger partial charge in [-0.2, -0.15) is 0 Å².